The Hall–Kier alpha value is -2.97. The molecule has 1 N–H and O–H groups in total. The number of aromatic nitrogens is 3. The van der Waals surface area contributed by atoms with Crippen LogP contribution < -0.4 is 0 Å². The van der Waals surface area contributed by atoms with Crippen molar-refractivity contribution in [2.24, 2.45) is 16.7 Å². The zero-order chi connectivity index (χ0) is 29.9. The minimum absolute atomic E-state index is 0.0234. The van der Waals surface area contributed by atoms with Crippen molar-refractivity contribution >= 4 is 40.3 Å². The van der Waals surface area contributed by atoms with Gasteiger partial charge in [0, 0.05) is 22.1 Å². The highest BCUT2D eigenvalue weighted by Gasteiger charge is 2.65. The molecule has 0 saturated heterocycles. The molecule has 1 heterocycles. The van der Waals surface area contributed by atoms with E-state index < -0.39 is 28.4 Å². The van der Waals surface area contributed by atoms with Crippen molar-refractivity contribution < 1.29 is 24.2 Å². The lowest BCUT2D eigenvalue weighted by atomic mass is 9.53. The summed E-state index contributed by atoms with van der Waals surface area (Å²) >= 11 is 6.19. The zero-order valence-corrected chi connectivity index (χ0v) is 25.5. The predicted octanol–water partition coefficient (Wildman–Crippen LogP) is 6.88. The summed E-state index contributed by atoms with van der Waals surface area (Å²) in [5.74, 6) is -1.09. The molecule has 1 aliphatic carbocycles. The summed E-state index contributed by atoms with van der Waals surface area (Å²) in [5.41, 5.74) is -2.98. The second-order valence-corrected chi connectivity index (χ2v) is 12.1. The SMILES string of the molecule is C=C(C)C(=O)OC1=CC(CC)(C(C)(C)C)C(O)(C(=O)OCC(CC)CCCC)C(n2nc3ccc(Cl)cc3n2)=C1. The molecular weight excluding hydrogens is 530 g/mol. The van der Waals surface area contributed by atoms with Crippen LogP contribution in [0.4, 0.5) is 0 Å². The van der Waals surface area contributed by atoms with Gasteiger partial charge in [0.2, 0.25) is 5.60 Å². The van der Waals surface area contributed by atoms with Gasteiger partial charge in [-0.15, -0.1) is 10.2 Å². The van der Waals surface area contributed by atoms with E-state index in [9.17, 15) is 14.7 Å². The maximum atomic E-state index is 14.2. The van der Waals surface area contributed by atoms with Crippen LogP contribution in [0.15, 0.2) is 48.3 Å². The van der Waals surface area contributed by atoms with Gasteiger partial charge in [0.25, 0.3) is 0 Å². The molecule has 3 unspecified atom stereocenters. The number of halogens is 1. The normalized spacial score (nSPS) is 21.9. The molecule has 1 aliphatic rings. The number of fused-ring (bicyclic) bond motifs is 1. The number of carbonyl (C=O) groups is 2. The monoisotopic (exact) mass is 571 g/mol. The lowest BCUT2D eigenvalue weighted by Gasteiger charge is -2.53. The fourth-order valence-corrected chi connectivity index (χ4v) is 5.60. The molecule has 8 nitrogen and oxygen atoms in total. The van der Waals surface area contributed by atoms with E-state index in [1.54, 1.807) is 31.2 Å². The summed E-state index contributed by atoms with van der Waals surface area (Å²) in [7, 11) is 0. The van der Waals surface area contributed by atoms with Crippen molar-refractivity contribution in [2.75, 3.05) is 6.61 Å². The molecule has 1 aromatic heterocycles. The van der Waals surface area contributed by atoms with Gasteiger partial charge in [-0.05, 0) is 55.4 Å². The Morgan fingerprint density at radius 1 is 1.18 bits per heavy atom. The third-order valence-electron chi connectivity index (χ3n) is 7.99. The number of hydrogen-bond acceptors (Lipinski definition) is 7. The van der Waals surface area contributed by atoms with E-state index in [1.165, 1.54) is 10.9 Å². The third-order valence-corrected chi connectivity index (χ3v) is 8.22. The number of hydrogen-bond donors (Lipinski definition) is 1. The zero-order valence-electron chi connectivity index (χ0n) is 24.7. The van der Waals surface area contributed by atoms with Gasteiger partial charge in [-0.1, -0.05) is 79.0 Å². The first-order valence-electron chi connectivity index (χ1n) is 14.0. The van der Waals surface area contributed by atoms with Crippen LogP contribution in [-0.4, -0.2) is 44.2 Å². The number of unbranched alkanes of at least 4 members (excludes halogenated alkanes) is 1. The molecule has 0 bridgehead atoms. The van der Waals surface area contributed by atoms with Crippen LogP contribution in [0.5, 0.6) is 0 Å². The molecule has 40 heavy (non-hydrogen) atoms. The maximum absolute atomic E-state index is 14.2. The van der Waals surface area contributed by atoms with E-state index in [2.05, 4.69) is 30.6 Å². The highest BCUT2D eigenvalue weighted by Crippen LogP contribution is 2.57. The molecule has 0 radical (unpaired) electrons. The van der Waals surface area contributed by atoms with Gasteiger partial charge >= 0.3 is 11.9 Å². The molecule has 1 aromatic carbocycles. The quantitative estimate of drug-likeness (QED) is 0.232. The average Bonchev–Trinajstić information content (AvgIpc) is 3.31. The van der Waals surface area contributed by atoms with Crippen molar-refractivity contribution in [3.05, 3.63) is 53.3 Å². The number of benzene rings is 1. The van der Waals surface area contributed by atoms with Gasteiger partial charge in [-0.2, -0.15) is 4.80 Å². The Morgan fingerprint density at radius 2 is 1.85 bits per heavy atom. The van der Waals surface area contributed by atoms with Crippen LogP contribution in [0.3, 0.4) is 0 Å². The Labute approximate surface area is 242 Å². The Balaban J connectivity index is 2.24. The number of esters is 2. The molecule has 0 saturated carbocycles. The van der Waals surface area contributed by atoms with E-state index in [4.69, 9.17) is 21.1 Å². The third kappa shape index (κ3) is 5.88. The van der Waals surface area contributed by atoms with E-state index in [0.29, 0.717) is 22.5 Å². The van der Waals surface area contributed by atoms with Gasteiger partial charge in [-0.25, -0.2) is 9.59 Å². The number of aliphatic hydroxyl groups is 1. The molecule has 0 fully saturated rings. The molecule has 0 amide bonds. The first kappa shape index (κ1) is 31.6. The van der Waals surface area contributed by atoms with Crippen molar-refractivity contribution in [1.82, 2.24) is 15.0 Å². The highest BCUT2D eigenvalue weighted by molar-refractivity contribution is 6.31. The largest absolute Gasteiger partial charge is 0.463 e. The summed E-state index contributed by atoms with van der Waals surface area (Å²) in [6.07, 6.45) is 7.24. The van der Waals surface area contributed by atoms with Gasteiger partial charge in [-0.3, -0.25) is 0 Å². The Bertz CT molecular complexity index is 1340. The average molecular weight is 572 g/mol. The summed E-state index contributed by atoms with van der Waals surface area (Å²) in [5, 5.41) is 22.3. The number of rotatable bonds is 11. The summed E-state index contributed by atoms with van der Waals surface area (Å²) in [6.45, 7) is 17.3. The van der Waals surface area contributed by atoms with Gasteiger partial charge < -0.3 is 14.6 Å². The van der Waals surface area contributed by atoms with E-state index >= 15 is 0 Å². The molecule has 0 aliphatic heterocycles. The minimum Gasteiger partial charge on any atom is -0.463 e. The molecule has 9 heteroatoms. The second-order valence-electron chi connectivity index (χ2n) is 11.7. The fraction of sp³-hybridized carbons (Fsp3) is 0.548. The lowest BCUT2D eigenvalue weighted by Crippen LogP contribution is -2.62. The van der Waals surface area contributed by atoms with Crippen molar-refractivity contribution in [2.45, 2.75) is 86.2 Å². The molecule has 0 spiro atoms. The first-order valence-corrected chi connectivity index (χ1v) is 14.4. The first-order chi connectivity index (χ1) is 18.7. The fourth-order valence-electron chi connectivity index (χ4n) is 5.44. The van der Waals surface area contributed by atoms with Crippen molar-refractivity contribution in [1.29, 1.82) is 0 Å². The number of carbonyl (C=O) groups excluding carboxylic acids is 2. The highest BCUT2D eigenvalue weighted by atomic mass is 35.5. The second kappa shape index (κ2) is 12.3. The summed E-state index contributed by atoms with van der Waals surface area (Å²) in [4.78, 5) is 28.0. The molecule has 218 valence electrons. The van der Waals surface area contributed by atoms with E-state index in [1.807, 2.05) is 27.7 Å². The van der Waals surface area contributed by atoms with Crippen LogP contribution in [0, 0.1) is 16.7 Å². The number of nitrogens with zero attached hydrogens (tertiary/aromatic N) is 3. The minimum atomic E-state index is -2.22. The Morgan fingerprint density at radius 3 is 2.42 bits per heavy atom. The standard InChI is InChI=1S/C31H42ClN3O5/c1-9-12-13-21(10-2)19-39-28(37)31(38)26(35-33-24-15-14-22(32)16-25(24)34-35)17-23(40-27(36)20(4)5)18-30(31,11-3)29(6,7)8/h14-18,21,38H,4,9-13,19H2,1-3,5-8H3. The van der Waals surface area contributed by atoms with Gasteiger partial charge in [0.15, 0.2) is 0 Å². The molecule has 3 rings (SSSR count). The van der Waals surface area contributed by atoms with Crippen LogP contribution in [0.1, 0.15) is 80.6 Å². The summed E-state index contributed by atoms with van der Waals surface area (Å²) in [6, 6.07) is 5.04. The topological polar surface area (TPSA) is 104 Å². The van der Waals surface area contributed by atoms with Crippen LogP contribution >= 0.6 is 11.6 Å². The summed E-state index contributed by atoms with van der Waals surface area (Å²) < 4.78 is 11.6. The Kier molecular flexibility index (Phi) is 9.68. The maximum Gasteiger partial charge on any atom is 0.345 e. The van der Waals surface area contributed by atoms with Gasteiger partial charge in [0.1, 0.15) is 22.5 Å². The van der Waals surface area contributed by atoms with Crippen molar-refractivity contribution in [3.8, 4) is 0 Å². The van der Waals surface area contributed by atoms with Crippen molar-refractivity contribution in [3.63, 3.8) is 0 Å². The van der Waals surface area contributed by atoms with Crippen LogP contribution in [-0.2, 0) is 19.1 Å². The lowest BCUT2D eigenvalue weighted by molar-refractivity contribution is -0.179. The molecule has 3 atom stereocenters. The van der Waals surface area contributed by atoms with E-state index in [0.717, 1.165) is 25.7 Å². The number of allylic oxidation sites excluding steroid dienone is 1. The smallest absolute Gasteiger partial charge is 0.345 e. The molecule has 2 aromatic rings. The van der Waals surface area contributed by atoms with Gasteiger partial charge in [0.05, 0.1) is 6.61 Å². The molecular formula is C31H42ClN3O5. The van der Waals surface area contributed by atoms with Crippen LogP contribution in [0.2, 0.25) is 5.02 Å². The van der Waals surface area contributed by atoms with Crippen LogP contribution in [0.25, 0.3) is 16.7 Å². The number of ether oxygens (including phenoxy) is 2. The predicted molar refractivity (Wildman–Crippen MR) is 157 cm³/mol. The van der Waals surface area contributed by atoms with E-state index in [-0.39, 0.29) is 29.6 Å².